The van der Waals surface area contributed by atoms with E-state index in [1.54, 1.807) is 0 Å². The second-order valence-electron chi connectivity index (χ2n) is 5.07. The average molecular weight is 412 g/mol. The molecule has 0 radical (unpaired) electrons. The standard InChI is InChI=1S/C16H16N2O7S2/c1-23-11-4-7-13(8-5-11)26(19,20)16(18-17)27(21,22)15-9-6-12(24-2)10-14(15)25-3/h4-10H,1-3H3. The Labute approximate surface area is 156 Å². The van der Waals surface area contributed by atoms with Crippen LogP contribution in [0.5, 0.6) is 17.2 Å². The van der Waals surface area contributed by atoms with Crippen LogP contribution in [-0.4, -0.2) is 47.3 Å². The summed E-state index contributed by atoms with van der Waals surface area (Å²) in [7, 11) is -5.42. The molecule has 2 aromatic rings. The van der Waals surface area contributed by atoms with Gasteiger partial charge in [0, 0.05) is 6.07 Å². The summed E-state index contributed by atoms with van der Waals surface area (Å²) in [5.74, 6) is 0.503. The van der Waals surface area contributed by atoms with Gasteiger partial charge in [0.05, 0.1) is 26.2 Å². The number of hydrogen-bond donors (Lipinski definition) is 0. The first-order valence-electron chi connectivity index (χ1n) is 7.30. The molecular weight excluding hydrogens is 396 g/mol. The fourth-order valence-corrected chi connectivity index (χ4v) is 5.67. The van der Waals surface area contributed by atoms with Crippen LogP contribution in [-0.2, 0) is 19.7 Å². The lowest BCUT2D eigenvalue weighted by Gasteiger charge is -2.09. The number of sulfone groups is 2. The lowest BCUT2D eigenvalue weighted by Crippen LogP contribution is -2.26. The summed E-state index contributed by atoms with van der Waals surface area (Å²) in [4.78, 5) is 1.70. The van der Waals surface area contributed by atoms with E-state index in [0.717, 1.165) is 18.2 Å². The van der Waals surface area contributed by atoms with Crippen molar-refractivity contribution in [1.29, 1.82) is 0 Å². The Balaban J connectivity index is 2.63. The Morgan fingerprint density at radius 3 is 1.85 bits per heavy atom. The molecule has 9 nitrogen and oxygen atoms in total. The van der Waals surface area contributed by atoms with Gasteiger partial charge in [-0.25, -0.2) is 16.8 Å². The summed E-state index contributed by atoms with van der Waals surface area (Å²) in [5.41, 5.74) is 9.22. The Morgan fingerprint density at radius 1 is 0.815 bits per heavy atom. The number of rotatable bonds is 5. The molecule has 0 aliphatic rings. The molecule has 0 atom stereocenters. The molecule has 0 unspecified atom stereocenters. The van der Waals surface area contributed by atoms with Crippen molar-refractivity contribution in [1.82, 2.24) is 0 Å². The van der Waals surface area contributed by atoms with E-state index in [1.807, 2.05) is 0 Å². The molecule has 2 rings (SSSR count). The van der Waals surface area contributed by atoms with Gasteiger partial charge in [0.25, 0.3) is 19.7 Å². The zero-order chi connectivity index (χ0) is 20.2. The molecule has 11 heteroatoms. The van der Waals surface area contributed by atoms with Gasteiger partial charge in [0.2, 0.25) is 0 Å². The van der Waals surface area contributed by atoms with Gasteiger partial charge in [0.15, 0.2) is 0 Å². The molecular formula is C16H16N2O7S2. The quantitative estimate of drug-likeness (QED) is 0.315. The van der Waals surface area contributed by atoms with E-state index < -0.39 is 28.9 Å². The molecule has 0 bridgehead atoms. The number of methoxy groups -OCH3 is 3. The normalized spacial score (nSPS) is 11.4. The van der Waals surface area contributed by atoms with Crippen LogP contribution in [0.2, 0.25) is 0 Å². The molecule has 0 N–H and O–H groups in total. The van der Waals surface area contributed by atoms with Gasteiger partial charge in [0.1, 0.15) is 22.1 Å². The van der Waals surface area contributed by atoms with Gasteiger partial charge in [-0.1, -0.05) is 0 Å². The van der Waals surface area contributed by atoms with Crippen LogP contribution >= 0.6 is 0 Å². The van der Waals surface area contributed by atoms with Crippen LogP contribution in [0.1, 0.15) is 0 Å². The van der Waals surface area contributed by atoms with Crippen molar-refractivity contribution in [2.75, 3.05) is 21.3 Å². The number of nitrogens with zero attached hydrogens (tertiary/aromatic N) is 2. The molecule has 0 saturated heterocycles. The van der Waals surface area contributed by atoms with E-state index in [4.69, 9.17) is 14.2 Å². The maximum atomic E-state index is 12.9. The van der Waals surface area contributed by atoms with Gasteiger partial charge >= 0.3 is 4.38 Å². The predicted molar refractivity (Wildman–Crippen MR) is 95.5 cm³/mol. The first-order valence-corrected chi connectivity index (χ1v) is 10.3. The Kier molecular flexibility index (Phi) is 5.89. The fourth-order valence-electron chi connectivity index (χ4n) is 2.20. The third-order valence-electron chi connectivity index (χ3n) is 3.57. The van der Waals surface area contributed by atoms with E-state index in [2.05, 4.69) is 4.79 Å². The lowest BCUT2D eigenvalue weighted by molar-refractivity contribution is 0.00379. The minimum absolute atomic E-state index is 0.166. The molecule has 0 fully saturated rings. The SMILES string of the molecule is COc1ccc(S(=O)(=O)C(=[N+]=[N-])S(=O)(=O)c2ccc(OC)cc2OC)cc1. The highest BCUT2D eigenvalue weighted by molar-refractivity contribution is 8.31. The van der Waals surface area contributed by atoms with Crippen molar-refractivity contribution in [3.05, 3.63) is 48.0 Å². The van der Waals surface area contributed by atoms with Gasteiger partial charge in [-0.05, 0) is 36.4 Å². The second-order valence-corrected chi connectivity index (χ2v) is 9.02. The van der Waals surface area contributed by atoms with Crippen LogP contribution in [0, 0.1) is 0 Å². The third kappa shape index (κ3) is 3.80. The molecule has 0 heterocycles. The third-order valence-corrected chi connectivity index (χ3v) is 7.78. The molecule has 0 amide bonds. The van der Waals surface area contributed by atoms with Crippen molar-refractivity contribution >= 4 is 24.1 Å². The van der Waals surface area contributed by atoms with E-state index in [1.165, 1.54) is 45.6 Å². The first kappa shape index (κ1) is 20.4. The van der Waals surface area contributed by atoms with E-state index in [9.17, 15) is 22.4 Å². The molecule has 2 aromatic carbocycles. The van der Waals surface area contributed by atoms with Crippen LogP contribution in [0.25, 0.3) is 5.53 Å². The molecule has 0 aromatic heterocycles. The molecule has 0 aliphatic carbocycles. The molecule has 27 heavy (non-hydrogen) atoms. The van der Waals surface area contributed by atoms with E-state index in [-0.39, 0.29) is 10.6 Å². The monoisotopic (exact) mass is 412 g/mol. The van der Waals surface area contributed by atoms with E-state index in [0.29, 0.717) is 11.5 Å². The second kappa shape index (κ2) is 7.78. The zero-order valence-corrected chi connectivity index (χ0v) is 16.2. The summed E-state index contributed by atoms with van der Waals surface area (Å²) < 4.78 is 64.7. The summed E-state index contributed by atoms with van der Waals surface area (Å²) in [5, 5.41) is 0. The molecule has 0 aliphatic heterocycles. The minimum atomic E-state index is -4.74. The summed E-state index contributed by atoms with van der Waals surface area (Å²) >= 11 is 0. The predicted octanol–water partition coefficient (Wildman–Crippen LogP) is 1.55. The Bertz CT molecular complexity index is 1100. The fraction of sp³-hybridized carbons (Fsp3) is 0.188. The highest BCUT2D eigenvalue weighted by Gasteiger charge is 2.45. The van der Waals surface area contributed by atoms with Gasteiger partial charge in [-0.15, -0.1) is 4.79 Å². The molecule has 0 saturated carbocycles. The van der Waals surface area contributed by atoms with Crippen LogP contribution < -0.4 is 14.2 Å². The minimum Gasteiger partial charge on any atom is -0.497 e. The number of hydrogen-bond acceptors (Lipinski definition) is 7. The lowest BCUT2D eigenvalue weighted by atomic mass is 10.3. The van der Waals surface area contributed by atoms with Crippen molar-refractivity contribution in [3.8, 4) is 17.2 Å². The molecule has 0 spiro atoms. The zero-order valence-electron chi connectivity index (χ0n) is 14.6. The van der Waals surface area contributed by atoms with E-state index >= 15 is 0 Å². The van der Waals surface area contributed by atoms with Crippen LogP contribution in [0.3, 0.4) is 0 Å². The van der Waals surface area contributed by atoms with Crippen molar-refractivity contribution in [3.63, 3.8) is 0 Å². The topological polar surface area (TPSA) is 132 Å². The van der Waals surface area contributed by atoms with Crippen LogP contribution in [0.15, 0.2) is 52.3 Å². The highest BCUT2D eigenvalue weighted by Crippen LogP contribution is 2.31. The number of ether oxygens (including phenoxy) is 3. The largest absolute Gasteiger partial charge is 0.504 e. The smallest absolute Gasteiger partial charge is 0.497 e. The van der Waals surface area contributed by atoms with Crippen molar-refractivity contribution in [2.45, 2.75) is 9.79 Å². The first-order chi connectivity index (χ1) is 12.7. The Hall–Kier alpha value is -2.88. The van der Waals surface area contributed by atoms with Crippen molar-refractivity contribution in [2.24, 2.45) is 0 Å². The van der Waals surface area contributed by atoms with Crippen LogP contribution in [0.4, 0.5) is 0 Å². The summed E-state index contributed by atoms with van der Waals surface area (Å²) in [6.45, 7) is 0. The van der Waals surface area contributed by atoms with Crippen molar-refractivity contribution < 1.29 is 35.8 Å². The highest BCUT2D eigenvalue weighted by atomic mass is 32.3. The number of benzene rings is 2. The Morgan fingerprint density at radius 2 is 1.37 bits per heavy atom. The maximum Gasteiger partial charge on any atom is 0.504 e. The van der Waals surface area contributed by atoms with Gasteiger partial charge in [-0.2, -0.15) is 0 Å². The average Bonchev–Trinajstić information content (AvgIpc) is 2.67. The molecule has 144 valence electrons. The van der Waals surface area contributed by atoms with Gasteiger partial charge < -0.3 is 19.7 Å². The maximum absolute atomic E-state index is 12.9. The summed E-state index contributed by atoms with van der Waals surface area (Å²) in [6.07, 6.45) is 0. The van der Waals surface area contributed by atoms with Gasteiger partial charge in [-0.3, -0.25) is 0 Å². The summed E-state index contributed by atoms with van der Waals surface area (Å²) in [6, 6.07) is 8.62.